The van der Waals surface area contributed by atoms with Gasteiger partial charge in [-0.25, -0.2) is 4.98 Å². The molecule has 0 spiro atoms. The molecule has 2 aromatic heterocycles. The lowest BCUT2D eigenvalue weighted by molar-refractivity contribution is 0.262. The van der Waals surface area contributed by atoms with E-state index < -0.39 is 10.1 Å². The molecule has 32 heavy (non-hydrogen) atoms. The maximum atomic E-state index is 12.3. The molecule has 1 aliphatic rings. The van der Waals surface area contributed by atoms with Crippen molar-refractivity contribution >= 4 is 32.7 Å². The largest absolute Gasteiger partial charge is 0.356 e. The fourth-order valence-electron chi connectivity index (χ4n) is 4.26. The Balaban J connectivity index is 1.16. The fraction of sp³-hybridized carbons (Fsp3) is 0.333. The molecule has 1 saturated heterocycles. The number of fused-ring (bicyclic) bond motifs is 3. The summed E-state index contributed by atoms with van der Waals surface area (Å²) in [6.07, 6.45) is 4.73. The van der Waals surface area contributed by atoms with Crippen molar-refractivity contribution in [1.29, 1.82) is 0 Å². The number of aryl methyl sites for hydroxylation is 1. The fourth-order valence-corrected chi connectivity index (χ4v) is 5.18. The summed E-state index contributed by atoms with van der Waals surface area (Å²) in [5, 5.41) is 0. The lowest BCUT2D eigenvalue weighted by atomic mass is 9.94. The quantitative estimate of drug-likeness (QED) is 0.410. The minimum atomic E-state index is -3.69. The van der Waals surface area contributed by atoms with Crippen molar-refractivity contribution in [2.24, 2.45) is 5.92 Å². The highest BCUT2D eigenvalue weighted by atomic mass is 32.2. The van der Waals surface area contributed by atoms with Gasteiger partial charge in [0.05, 0.1) is 22.5 Å². The Morgan fingerprint density at radius 3 is 2.53 bits per heavy atom. The molecular formula is C24H26N4O3S. The van der Waals surface area contributed by atoms with Gasteiger partial charge in [0.15, 0.2) is 0 Å². The van der Waals surface area contributed by atoms with Crippen LogP contribution < -0.4 is 4.90 Å². The van der Waals surface area contributed by atoms with Crippen molar-refractivity contribution in [3.8, 4) is 0 Å². The molecule has 0 aliphatic carbocycles. The monoisotopic (exact) mass is 450 g/mol. The number of hydrogen-bond donors (Lipinski definition) is 0. The van der Waals surface area contributed by atoms with E-state index in [0.29, 0.717) is 11.7 Å². The summed E-state index contributed by atoms with van der Waals surface area (Å²) in [5.41, 5.74) is 3.02. The first-order valence-corrected chi connectivity index (χ1v) is 12.4. The SMILES string of the molecule is Cc1ccc(S(=O)(=O)OCCC2CCN(c3ccn4c(n3)nc3ccccc34)CC2)cc1. The molecule has 0 amide bonds. The van der Waals surface area contributed by atoms with E-state index in [1.54, 1.807) is 24.3 Å². The molecule has 0 radical (unpaired) electrons. The Hall–Kier alpha value is -2.97. The molecule has 0 unspecified atom stereocenters. The number of rotatable bonds is 6. The van der Waals surface area contributed by atoms with E-state index >= 15 is 0 Å². The third-order valence-electron chi connectivity index (χ3n) is 6.18. The minimum absolute atomic E-state index is 0.214. The smallest absolute Gasteiger partial charge is 0.296 e. The summed E-state index contributed by atoms with van der Waals surface area (Å²) in [6.45, 7) is 3.91. The van der Waals surface area contributed by atoms with E-state index in [-0.39, 0.29) is 11.5 Å². The summed E-state index contributed by atoms with van der Waals surface area (Å²) in [5.74, 6) is 2.09. The molecule has 2 aromatic carbocycles. The van der Waals surface area contributed by atoms with Crippen molar-refractivity contribution < 1.29 is 12.6 Å². The van der Waals surface area contributed by atoms with Gasteiger partial charge in [0, 0.05) is 19.3 Å². The van der Waals surface area contributed by atoms with Crippen LogP contribution in [0.25, 0.3) is 16.8 Å². The van der Waals surface area contributed by atoms with Gasteiger partial charge in [-0.05, 0) is 62.4 Å². The number of piperidine rings is 1. The minimum Gasteiger partial charge on any atom is -0.356 e. The standard InChI is InChI=1S/C24H26N4O3S/c1-18-6-8-20(9-7-18)32(29,30)31-17-13-19-10-14-27(15-11-19)23-12-16-28-22-5-3-2-4-21(22)25-24(28)26-23/h2-9,12,16,19H,10-11,13-15,17H2,1H3. The summed E-state index contributed by atoms with van der Waals surface area (Å²) in [6, 6.07) is 16.8. The number of aromatic nitrogens is 3. The molecule has 0 bridgehead atoms. The zero-order valence-electron chi connectivity index (χ0n) is 18.0. The van der Waals surface area contributed by atoms with Crippen LogP contribution in [0.4, 0.5) is 5.82 Å². The molecule has 5 rings (SSSR count). The predicted octanol–water partition coefficient (Wildman–Crippen LogP) is 4.20. The van der Waals surface area contributed by atoms with Gasteiger partial charge in [0.1, 0.15) is 5.82 Å². The number of hydrogen-bond acceptors (Lipinski definition) is 6. The first-order chi connectivity index (χ1) is 15.5. The van der Waals surface area contributed by atoms with Crippen LogP contribution >= 0.6 is 0 Å². The molecule has 7 nitrogen and oxygen atoms in total. The third kappa shape index (κ3) is 4.20. The average molecular weight is 451 g/mol. The van der Waals surface area contributed by atoms with E-state index in [1.807, 2.05) is 47.9 Å². The second kappa shape index (κ2) is 8.52. The van der Waals surface area contributed by atoms with Gasteiger partial charge in [0.2, 0.25) is 5.78 Å². The van der Waals surface area contributed by atoms with Gasteiger partial charge >= 0.3 is 0 Å². The van der Waals surface area contributed by atoms with Crippen molar-refractivity contribution in [3.05, 3.63) is 66.4 Å². The first kappa shape index (κ1) is 20.9. The van der Waals surface area contributed by atoms with E-state index in [4.69, 9.17) is 9.17 Å². The summed E-state index contributed by atoms with van der Waals surface area (Å²) >= 11 is 0. The molecule has 1 aliphatic heterocycles. The topological polar surface area (TPSA) is 76.8 Å². The second-order valence-electron chi connectivity index (χ2n) is 8.36. The van der Waals surface area contributed by atoms with Gasteiger partial charge < -0.3 is 4.90 Å². The molecule has 4 aromatic rings. The molecule has 0 saturated carbocycles. The zero-order chi connectivity index (χ0) is 22.1. The van der Waals surface area contributed by atoms with Gasteiger partial charge in [-0.3, -0.25) is 8.58 Å². The van der Waals surface area contributed by atoms with E-state index in [0.717, 1.165) is 54.8 Å². The Morgan fingerprint density at radius 1 is 1.00 bits per heavy atom. The Labute approximate surface area is 187 Å². The van der Waals surface area contributed by atoms with Crippen LogP contribution in [0.5, 0.6) is 0 Å². The van der Waals surface area contributed by atoms with Crippen LogP contribution in [0.1, 0.15) is 24.8 Å². The maximum absolute atomic E-state index is 12.3. The van der Waals surface area contributed by atoms with Crippen LogP contribution in [0, 0.1) is 12.8 Å². The molecule has 8 heteroatoms. The highest BCUT2D eigenvalue weighted by Gasteiger charge is 2.22. The molecule has 0 atom stereocenters. The van der Waals surface area contributed by atoms with Crippen LogP contribution in [-0.4, -0.2) is 42.5 Å². The summed E-state index contributed by atoms with van der Waals surface area (Å²) < 4.78 is 32.0. The zero-order valence-corrected chi connectivity index (χ0v) is 18.8. The van der Waals surface area contributed by atoms with E-state index in [1.165, 1.54) is 0 Å². The van der Waals surface area contributed by atoms with E-state index in [2.05, 4.69) is 9.88 Å². The van der Waals surface area contributed by atoms with Crippen molar-refractivity contribution in [2.75, 3.05) is 24.6 Å². The molecule has 1 fully saturated rings. The maximum Gasteiger partial charge on any atom is 0.296 e. The van der Waals surface area contributed by atoms with Crippen LogP contribution in [0.2, 0.25) is 0 Å². The van der Waals surface area contributed by atoms with Gasteiger partial charge in [0.25, 0.3) is 10.1 Å². The Bertz CT molecular complexity index is 1340. The number of anilines is 1. The predicted molar refractivity (Wildman–Crippen MR) is 124 cm³/mol. The van der Waals surface area contributed by atoms with Gasteiger partial charge in [-0.15, -0.1) is 0 Å². The third-order valence-corrected chi connectivity index (χ3v) is 7.50. The lowest BCUT2D eigenvalue weighted by Gasteiger charge is -2.32. The second-order valence-corrected chi connectivity index (χ2v) is 9.98. The number of imidazole rings is 1. The lowest BCUT2D eigenvalue weighted by Crippen LogP contribution is -2.34. The van der Waals surface area contributed by atoms with Crippen molar-refractivity contribution in [2.45, 2.75) is 31.1 Å². The normalized spacial score (nSPS) is 15.6. The van der Waals surface area contributed by atoms with E-state index in [9.17, 15) is 8.42 Å². The summed E-state index contributed by atoms with van der Waals surface area (Å²) in [7, 11) is -3.69. The van der Waals surface area contributed by atoms with Crippen LogP contribution in [0.15, 0.2) is 65.7 Å². The highest BCUT2D eigenvalue weighted by molar-refractivity contribution is 7.86. The average Bonchev–Trinajstić information content (AvgIpc) is 3.17. The van der Waals surface area contributed by atoms with Gasteiger partial charge in [-0.2, -0.15) is 13.4 Å². The molecule has 3 heterocycles. The van der Waals surface area contributed by atoms with Crippen molar-refractivity contribution in [3.63, 3.8) is 0 Å². The Kier molecular flexibility index (Phi) is 5.57. The van der Waals surface area contributed by atoms with Crippen LogP contribution in [-0.2, 0) is 14.3 Å². The summed E-state index contributed by atoms with van der Waals surface area (Å²) in [4.78, 5) is 11.9. The number of nitrogens with zero attached hydrogens (tertiary/aromatic N) is 4. The van der Waals surface area contributed by atoms with Gasteiger partial charge in [-0.1, -0.05) is 29.8 Å². The molecule has 0 N–H and O–H groups in total. The number of para-hydroxylation sites is 2. The molecule has 166 valence electrons. The Morgan fingerprint density at radius 2 is 1.75 bits per heavy atom. The van der Waals surface area contributed by atoms with Crippen LogP contribution in [0.3, 0.4) is 0 Å². The van der Waals surface area contributed by atoms with Crippen molar-refractivity contribution in [1.82, 2.24) is 14.4 Å². The highest BCUT2D eigenvalue weighted by Crippen LogP contribution is 2.26. The molecular weight excluding hydrogens is 424 g/mol. The first-order valence-electron chi connectivity index (χ1n) is 10.9. The number of benzene rings is 2.